The molecule has 0 bridgehead atoms. The topological polar surface area (TPSA) is 18.5 Å². The summed E-state index contributed by atoms with van der Waals surface area (Å²) in [5.41, 5.74) is 0. The maximum atomic E-state index is 12.8. The second-order valence-corrected chi connectivity index (χ2v) is 3.57. The van der Waals surface area contributed by atoms with Crippen molar-refractivity contribution in [1.29, 1.82) is 0 Å². The standard InChI is InChI=1S/C9H7BrF4O2/c10-7-5-6(1-2-8(7)11)15-3-4-16-9(12,13)14/h1-2,5H,3-4H2. The first kappa shape index (κ1) is 13.2. The molecular weight excluding hydrogens is 296 g/mol. The van der Waals surface area contributed by atoms with Gasteiger partial charge in [-0.25, -0.2) is 4.39 Å². The molecule has 7 heteroatoms. The van der Waals surface area contributed by atoms with E-state index in [2.05, 4.69) is 20.7 Å². The number of alkyl halides is 3. The third-order valence-corrected chi connectivity index (χ3v) is 2.12. The van der Waals surface area contributed by atoms with Crippen LogP contribution >= 0.6 is 15.9 Å². The summed E-state index contributed by atoms with van der Waals surface area (Å²) >= 11 is 2.92. The predicted molar refractivity (Wildman–Crippen MR) is 51.6 cm³/mol. The molecule has 0 aromatic heterocycles. The van der Waals surface area contributed by atoms with Crippen LogP contribution in [0.1, 0.15) is 0 Å². The third-order valence-electron chi connectivity index (χ3n) is 1.51. The molecule has 0 spiro atoms. The van der Waals surface area contributed by atoms with E-state index in [-0.39, 0.29) is 16.8 Å². The van der Waals surface area contributed by atoms with E-state index in [9.17, 15) is 17.6 Å². The molecule has 0 saturated carbocycles. The molecule has 0 unspecified atom stereocenters. The number of halogens is 5. The average molecular weight is 303 g/mol. The molecule has 0 atom stereocenters. The second kappa shape index (κ2) is 5.49. The Kier molecular flexibility index (Phi) is 4.55. The van der Waals surface area contributed by atoms with E-state index in [1.807, 2.05) is 0 Å². The molecule has 1 aromatic rings. The lowest BCUT2D eigenvalue weighted by atomic mass is 10.3. The Balaban J connectivity index is 2.35. The zero-order valence-corrected chi connectivity index (χ0v) is 9.44. The van der Waals surface area contributed by atoms with Gasteiger partial charge in [-0.1, -0.05) is 0 Å². The van der Waals surface area contributed by atoms with E-state index in [1.54, 1.807) is 0 Å². The van der Waals surface area contributed by atoms with Crippen LogP contribution in [0.3, 0.4) is 0 Å². The van der Waals surface area contributed by atoms with Crippen molar-refractivity contribution in [1.82, 2.24) is 0 Å². The molecule has 0 amide bonds. The van der Waals surface area contributed by atoms with Gasteiger partial charge in [0.05, 0.1) is 11.1 Å². The summed E-state index contributed by atoms with van der Waals surface area (Å²) in [5.74, 6) is -0.210. The Bertz CT molecular complexity index is 354. The Labute approximate surface area is 97.3 Å². The maximum absolute atomic E-state index is 12.8. The van der Waals surface area contributed by atoms with Gasteiger partial charge in [-0.3, -0.25) is 4.74 Å². The number of hydrogen-bond acceptors (Lipinski definition) is 2. The Morgan fingerprint density at radius 3 is 2.44 bits per heavy atom. The molecule has 1 rings (SSSR count). The molecule has 2 nitrogen and oxygen atoms in total. The average Bonchev–Trinajstić information content (AvgIpc) is 2.17. The first-order valence-electron chi connectivity index (χ1n) is 4.17. The van der Waals surface area contributed by atoms with Crippen LogP contribution < -0.4 is 4.74 Å². The second-order valence-electron chi connectivity index (χ2n) is 2.72. The lowest BCUT2D eigenvalue weighted by Crippen LogP contribution is -2.18. The van der Waals surface area contributed by atoms with Crippen LogP contribution in [-0.2, 0) is 4.74 Å². The van der Waals surface area contributed by atoms with Gasteiger partial charge in [0.15, 0.2) is 0 Å². The summed E-state index contributed by atoms with van der Waals surface area (Å²) in [6.45, 7) is -0.879. The molecule has 0 aliphatic heterocycles. The van der Waals surface area contributed by atoms with Crippen molar-refractivity contribution in [3.8, 4) is 5.75 Å². The normalized spacial score (nSPS) is 11.6. The van der Waals surface area contributed by atoms with E-state index in [1.165, 1.54) is 12.1 Å². The van der Waals surface area contributed by atoms with Crippen LogP contribution in [0, 0.1) is 5.82 Å². The van der Waals surface area contributed by atoms with E-state index >= 15 is 0 Å². The molecule has 16 heavy (non-hydrogen) atoms. The van der Waals surface area contributed by atoms with Crippen molar-refractivity contribution in [3.63, 3.8) is 0 Å². The van der Waals surface area contributed by atoms with Crippen LogP contribution in [0.25, 0.3) is 0 Å². The van der Waals surface area contributed by atoms with Crippen molar-refractivity contribution >= 4 is 15.9 Å². The molecule has 0 saturated heterocycles. The van der Waals surface area contributed by atoms with Crippen LogP contribution in [0.5, 0.6) is 5.75 Å². The monoisotopic (exact) mass is 302 g/mol. The van der Waals surface area contributed by atoms with Gasteiger partial charge < -0.3 is 4.74 Å². The minimum absolute atomic E-state index is 0.182. The highest BCUT2D eigenvalue weighted by molar-refractivity contribution is 9.10. The van der Waals surface area contributed by atoms with Gasteiger partial charge in [-0.05, 0) is 34.1 Å². The molecule has 90 valence electrons. The summed E-state index contributed by atoms with van der Waals surface area (Å²) in [4.78, 5) is 0. The minimum Gasteiger partial charge on any atom is -0.491 e. The van der Waals surface area contributed by atoms with Crippen molar-refractivity contribution in [2.75, 3.05) is 13.2 Å². The zero-order valence-electron chi connectivity index (χ0n) is 7.85. The number of rotatable bonds is 4. The number of ether oxygens (including phenoxy) is 2. The van der Waals surface area contributed by atoms with Crippen molar-refractivity contribution in [2.24, 2.45) is 0 Å². The largest absolute Gasteiger partial charge is 0.522 e. The summed E-state index contributed by atoms with van der Waals surface area (Å²) in [5, 5.41) is 0. The van der Waals surface area contributed by atoms with Gasteiger partial charge in [0.2, 0.25) is 0 Å². The first-order valence-corrected chi connectivity index (χ1v) is 4.96. The first-order chi connectivity index (χ1) is 7.38. The Hall–Kier alpha value is -0.820. The molecular formula is C9H7BrF4O2. The number of hydrogen-bond donors (Lipinski definition) is 0. The van der Waals surface area contributed by atoms with Crippen molar-refractivity contribution in [3.05, 3.63) is 28.5 Å². The predicted octanol–water partition coefficient (Wildman–Crippen LogP) is 3.50. The lowest BCUT2D eigenvalue weighted by Gasteiger charge is -2.09. The molecule has 0 heterocycles. The quantitative estimate of drug-likeness (QED) is 0.626. The van der Waals surface area contributed by atoms with Crippen molar-refractivity contribution in [2.45, 2.75) is 6.36 Å². The van der Waals surface area contributed by atoms with E-state index in [4.69, 9.17) is 4.74 Å². The molecule has 0 fully saturated rings. The Morgan fingerprint density at radius 1 is 1.19 bits per heavy atom. The summed E-state index contributed by atoms with van der Waals surface area (Å²) in [7, 11) is 0. The van der Waals surface area contributed by atoms with Gasteiger partial charge in [-0.2, -0.15) is 0 Å². The molecule has 1 aromatic carbocycles. The highest BCUT2D eigenvalue weighted by Gasteiger charge is 2.28. The Morgan fingerprint density at radius 2 is 1.88 bits per heavy atom. The fraction of sp³-hybridized carbons (Fsp3) is 0.333. The molecule has 0 aliphatic carbocycles. The zero-order chi connectivity index (χ0) is 12.2. The van der Waals surface area contributed by atoms with Crippen LogP contribution in [0.15, 0.2) is 22.7 Å². The summed E-state index contributed by atoms with van der Waals surface area (Å²) in [6, 6.07) is 3.78. The SMILES string of the molecule is Fc1ccc(OCCOC(F)(F)F)cc1Br. The highest BCUT2D eigenvalue weighted by atomic mass is 79.9. The smallest absolute Gasteiger partial charge is 0.491 e. The molecule has 0 aliphatic rings. The van der Waals surface area contributed by atoms with Gasteiger partial charge in [0.1, 0.15) is 18.2 Å². The molecule has 0 N–H and O–H groups in total. The van der Waals surface area contributed by atoms with Crippen LogP contribution in [-0.4, -0.2) is 19.6 Å². The number of benzene rings is 1. The van der Waals surface area contributed by atoms with Gasteiger partial charge in [0, 0.05) is 0 Å². The van der Waals surface area contributed by atoms with Gasteiger partial charge in [-0.15, -0.1) is 13.2 Å². The van der Waals surface area contributed by atoms with Crippen LogP contribution in [0.2, 0.25) is 0 Å². The maximum Gasteiger partial charge on any atom is 0.522 e. The highest BCUT2D eigenvalue weighted by Crippen LogP contribution is 2.22. The van der Waals surface area contributed by atoms with Crippen molar-refractivity contribution < 1.29 is 27.0 Å². The van der Waals surface area contributed by atoms with E-state index in [0.717, 1.165) is 6.07 Å². The van der Waals surface area contributed by atoms with Gasteiger partial charge >= 0.3 is 6.36 Å². The molecule has 0 radical (unpaired) electrons. The van der Waals surface area contributed by atoms with Crippen LogP contribution in [0.4, 0.5) is 17.6 Å². The van der Waals surface area contributed by atoms with Gasteiger partial charge in [0.25, 0.3) is 0 Å². The minimum atomic E-state index is -4.66. The fourth-order valence-electron chi connectivity index (χ4n) is 0.884. The lowest BCUT2D eigenvalue weighted by molar-refractivity contribution is -0.325. The summed E-state index contributed by atoms with van der Waals surface area (Å²) < 4.78 is 56.1. The van der Waals surface area contributed by atoms with E-state index < -0.39 is 18.8 Å². The van der Waals surface area contributed by atoms with E-state index in [0.29, 0.717) is 0 Å². The summed E-state index contributed by atoms with van der Waals surface area (Å²) in [6.07, 6.45) is -4.66. The fourth-order valence-corrected chi connectivity index (χ4v) is 1.24. The third kappa shape index (κ3) is 4.80.